The monoisotopic (exact) mass is 543 g/mol. The molecular formula is C23H38IN5O2. The van der Waals surface area contributed by atoms with Crippen molar-refractivity contribution in [2.24, 2.45) is 10.9 Å². The molecule has 1 amide bonds. The molecule has 2 N–H and O–H groups in total. The number of nitrogens with zero attached hydrogens (tertiary/aromatic N) is 3. The molecule has 174 valence electrons. The molecule has 0 aliphatic carbocycles. The Balaban J connectivity index is 0.00000341. The summed E-state index contributed by atoms with van der Waals surface area (Å²) in [6.07, 6.45) is 3.54. The third kappa shape index (κ3) is 7.32. The summed E-state index contributed by atoms with van der Waals surface area (Å²) >= 11 is 0. The van der Waals surface area contributed by atoms with Gasteiger partial charge in [0.25, 0.3) is 0 Å². The second kappa shape index (κ2) is 12.6. The highest BCUT2D eigenvalue weighted by molar-refractivity contribution is 14.0. The number of amides is 1. The van der Waals surface area contributed by atoms with Crippen LogP contribution in [0.2, 0.25) is 0 Å². The van der Waals surface area contributed by atoms with Crippen LogP contribution in [0.15, 0.2) is 35.3 Å². The summed E-state index contributed by atoms with van der Waals surface area (Å²) in [6, 6.07) is 10.4. The lowest BCUT2D eigenvalue weighted by atomic mass is 9.88. The van der Waals surface area contributed by atoms with Gasteiger partial charge in [0.1, 0.15) is 0 Å². The van der Waals surface area contributed by atoms with Gasteiger partial charge in [-0.15, -0.1) is 24.0 Å². The van der Waals surface area contributed by atoms with Crippen molar-refractivity contribution >= 4 is 35.8 Å². The SMILES string of the molecule is CN=C(NCC1CC(=O)N(CCc2ccccc2)C1)NCC1(N(C)C)CCOCC1.I. The van der Waals surface area contributed by atoms with Gasteiger partial charge < -0.3 is 25.2 Å². The van der Waals surface area contributed by atoms with Crippen molar-refractivity contribution in [1.82, 2.24) is 20.4 Å². The fourth-order valence-electron chi connectivity index (χ4n) is 4.36. The Hall–Kier alpha value is -1.39. The minimum atomic E-state index is 0. The molecule has 0 saturated carbocycles. The van der Waals surface area contributed by atoms with Crippen LogP contribution in [-0.4, -0.2) is 87.7 Å². The second-order valence-electron chi connectivity index (χ2n) is 8.68. The third-order valence-electron chi connectivity index (χ3n) is 6.55. The smallest absolute Gasteiger partial charge is 0.223 e. The summed E-state index contributed by atoms with van der Waals surface area (Å²) in [7, 11) is 6.07. The molecule has 3 rings (SSSR count). The number of aliphatic imine (C=N–C) groups is 1. The maximum atomic E-state index is 12.4. The van der Waals surface area contributed by atoms with Crippen LogP contribution in [0, 0.1) is 5.92 Å². The number of hydrogen-bond acceptors (Lipinski definition) is 4. The molecule has 2 aliphatic heterocycles. The fraction of sp³-hybridized carbons (Fsp3) is 0.652. The first-order valence-corrected chi connectivity index (χ1v) is 11.0. The van der Waals surface area contributed by atoms with E-state index in [0.29, 0.717) is 12.3 Å². The van der Waals surface area contributed by atoms with Crippen LogP contribution in [-0.2, 0) is 16.0 Å². The summed E-state index contributed by atoms with van der Waals surface area (Å²) in [4.78, 5) is 21.1. The minimum absolute atomic E-state index is 0. The van der Waals surface area contributed by atoms with Crippen molar-refractivity contribution in [3.63, 3.8) is 0 Å². The first-order valence-electron chi connectivity index (χ1n) is 11.0. The van der Waals surface area contributed by atoms with Gasteiger partial charge >= 0.3 is 0 Å². The van der Waals surface area contributed by atoms with Gasteiger partial charge in [-0.2, -0.15) is 0 Å². The summed E-state index contributed by atoms with van der Waals surface area (Å²) in [5.41, 5.74) is 1.37. The van der Waals surface area contributed by atoms with Gasteiger partial charge in [0.05, 0.1) is 0 Å². The molecule has 1 aromatic rings. The Labute approximate surface area is 204 Å². The average Bonchev–Trinajstić information content (AvgIpc) is 3.13. The van der Waals surface area contributed by atoms with Crippen LogP contribution < -0.4 is 10.6 Å². The average molecular weight is 543 g/mol. The molecule has 2 aliphatic rings. The van der Waals surface area contributed by atoms with Gasteiger partial charge in [0.15, 0.2) is 5.96 Å². The van der Waals surface area contributed by atoms with Gasteiger partial charge in [-0.3, -0.25) is 9.79 Å². The molecule has 2 fully saturated rings. The Kier molecular flexibility index (Phi) is 10.5. The number of nitrogens with one attached hydrogen (secondary N) is 2. The quantitative estimate of drug-likeness (QED) is 0.298. The van der Waals surface area contributed by atoms with E-state index < -0.39 is 0 Å². The summed E-state index contributed by atoms with van der Waals surface area (Å²) in [5.74, 6) is 1.38. The normalized spacial score (nSPS) is 21.2. The molecule has 0 spiro atoms. The minimum Gasteiger partial charge on any atom is -0.381 e. The first kappa shape index (κ1) is 25.9. The summed E-state index contributed by atoms with van der Waals surface area (Å²) < 4.78 is 5.55. The largest absolute Gasteiger partial charge is 0.381 e. The highest BCUT2D eigenvalue weighted by Gasteiger charge is 2.35. The van der Waals surface area contributed by atoms with E-state index in [1.807, 2.05) is 23.1 Å². The predicted molar refractivity (Wildman–Crippen MR) is 136 cm³/mol. The zero-order valence-electron chi connectivity index (χ0n) is 19.1. The van der Waals surface area contributed by atoms with Crippen molar-refractivity contribution < 1.29 is 9.53 Å². The van der Waals surface area contributed by atoms with Crippen LogP contribution >= 0.6 is 24.0 Å². The second-order valence-corrected chi connectivity index (χ2v) is 8.68. The highest BCUT2D eigenvalue weighted by atomic mass is 127. The zero-order chi connectivity index (χ0) is 21.4. The highest BCUT2D eigenvalue weighted by Crippen LogP contribution is 2.25. The van der Waals surface area contributed by atoms with E-state index in [9.17, 15) is 4.79 Å². The predicted octanol–water partition coefficient (Wildman–Crippen LogP) is 1.97. The first-order chi connectivity index (χ1) is 14.5. The van der Waals surface area contributed by atoms with E-state index in [2.05, 4.69) is 46.8 Å². The van der Waals surface area contributed by atoms with Crippen molar-refractivity contribution in [2.75, 3.05) is 60.5 Å². The van der Waals surface area contributed by atoms with Crippen molar-refractivity contribution in [2.45, 2.75) is 31.2 Å². The molecule has 0 radical (unpaired) electrons. The maximum absolute atomic E-state index is 12.4. The zero-order valence-corrected chi connectivity index (χ0v) is 21.4. The van der Waals surface area contributed by atoms with E-state index in [1.54, 1.807) is 7.05 Å². The lowest BCUT2D eigenvalue weighted by Gasteiger charge is -2.43. The standard InChI is InChI=1S/C23H37N5O2.HI/c1-24-22(26-18-23(27(2)3)10-13-30-14-11-23)25-16-20-15-21(29)28(17-20)12-9-19-7-5-4-6-8-19;/h4-8,20H,9-18H2,1-3H3,(H2,24,25,26);1H. The maximum Gasteiger partial charge on any atom is 0.223 e. The molecular weight excluding hydrogens is 505 g/mol. The number of likely N-dealkylation sites (tertiary alicyclic amines) is 1. The molecule has 1 atom stereocenters. The number of carbonyl (C=O) groups is 1. The van der Waals surface area contributed by atoms with Crippen molar-refractivity contribution in [3.8, 4) is 0 Å². The molecule has 2 saturated heterocycles. The third-order valence-corrected chi connectivity index (χ3v) is 6.55. The van der Waals surface area contributed by atoms with Crippen LogP contribution in [0.4, 0.5) is 0 Å². The molecule has 31 heavy (non-hydrogen) atoms. The lowest BCUT2D eigenvalue weighted by Crippen LogP contribution is -2.57. The number of hydrogen-bond donors (Lipinski definition) is 2. The molecule has 1 aromatic carbocycles. The Morgan fingerprint density at radius 3 is 2.58 bits per heavy atom. The number of halogens is 1. The molecule has 0 bridgehead atoms. The van der Waals surface area contributed by atoms with Gasteiger partial charge in [-0.1, -0.05) is 30.3 Å². The number of rotatable bonds is 8. The Morgan fingerprint density at radius 1 is 1.23 bits per heavy atom. The number of benzene rings is 1. The van der Waals surface area contributed by atoms with Crippen LogP contribution in [0.5, 0.6) is 0 Å². The number of likely N-dealkylation sites (N-methyl/N-ethyl adjacent to an activating group) is 1. The van der Waals surface area contributed by atoms with Crippen molar-refractivity contribution in [1.29, 1.82) is 0 Å². The van der Waals surface area contributed by atoms with Crippen LogP contribution in [0.25, 0.3) is 0 Å². The van der Waals surface area contributed by atoms with Gasteiger partial charge in [0.2, 0.25) is 5.91 Å². The molecule has 1 unspecified atom stereocenters. The van der Waals surface area contributed by atoms with Crippen LogP contribution in [0.1, 0.15) is 24.8 Å². The van der Waals surface area contributed by atoms with Crippen molar-refractivity contribution in [3.05, 3.63) is 35.9 Å². The van der Waals surface area contributed by atoms with E-state index in [-0.39, 0.29) is 35.4 Å². The molecule has 8 heteroatoms. The summed E-state index contributed by atoms with van der Waals surface area (Å²) in [6.45, 7) is 4.79. The van der Waals surface area contributed by atoms with E-state index in [1.165, 1.54) is 5.56 Å². The molecule has 7 nitrogen and oxygen atoms in total. The van der Waals surface area contributed by atoms with Gasteiger partial charge in [0, 0.05) is 64.3 Å². The van der Waals surface area contributed by atoms with E-state index >= 15 is 0 Å². The number of ether oxygens (including phenoxy) is 1. The number of carbonyl (C=O) groups excluding carboxylic acids is 1. The van der Waals surface area contributed by atoms with E-state index in [0.717, 1.165) is 64.6 Å². The summed E-state index contributed by atoms with van der Waals surface area (Å²) in [5, 5.41) is 6.93. The van der Waals surface area contributed by atoms with Gasteiger partial charge in [-0.25, -0.2) is 0 Å². The van der Waals surface area contributed by atoms with Gasteiger partial charge in [-0.05, 0) is 38.9 Å². The Morgan fingerprint density at radius 2 is 1.94 bits per heavy atom. The molecule has 0 aromatic heterocycles. The van der Waals surface area contributed by atoms with Crippen LogP contribution in [0.3, 0.4) is 0 Å². The topological polar surface area (TPSA) is 69.2 Å². The van der Waals surface area contributed by atoms with E-state index in [4.69, 9.17) is 4.74 Å². The Bertz CT molecular complexity index is 707. The fourth-order valence-corrected chi connectivity index (χ4v) is 4.36. The lowest BCUT2D eigenvalue weighted by molar-refractivity contribution is -0.127. The molecule has 2 heterocycles. The number of guanidine groups is 1.